The van der Waals surface area contributed by atoms with Gasteiger partial charge in [0.05, 0.1) is 0 Å². The normalized spacial score (nSPS) is 11.9. The molecule has 0 aliphatic rings. The first-order valence-electron chi connectivity index (χ1n) is 8.74. The van der Waals surface area contributed by atoms with Crippen LogP contribution in [0.1, 0.15) is 12.8 Å². The predicted molar refractivity (Wildman–Crippen MR) is 108 cm³/mol. The van der Waals surface area contributed by atoms with E-state index in [1.807, 2.05) is 0 Å². The molecule has 14 nitrogen and oxygen atoms in total. The number of H-pyrrole nitrogens is 1. The number of hydrogen-bond donors (Lipinski definition) is 7. The van der Waals surface area contributed by atoms with Gasteiger partial charge < -0.3 is 32.9 Å². The maximum Gasteiger partial charge on any atom is 0.351 e. The van der Waals surface area contributed by atoms with Gasteiger partial charge in [0.2, 0.25) is 5.95 Å². The Balaban J connectivity index is 2.18. The number of carboxylic acid groups (broad SMARTS) is 1. The molecule has 14 heteroatoms. The van der Waals surface area contributed by atoms with Crippen LogP contribution < -0.4 is 39.1 Å². The van der Waals surface area contributed by atoms with Gasteiger partial charge >= 0.3 is 11.7 Å². The summed E-state index contributed by atoms with van der Waals surface area (Å²) < 4.78 is 1.16. The molecule has 0 aromatic carbocycles. The number of nitrogen functional groups attached to an aromatic ring is 1. The molecule has 0 amide bonds. The van der Waals surface area contributed by atoms with Crippen LogP contribution in [0.25, 0.3) is 11.0 Å². The van der Waals surface area contributed by atoms with Crippen LogP contribution in [0, 0.1) is 0 Å². The number of fused-ring (bicyclic) bond motifs is 1. The number of anilines is 2. The minimum absolute atomic E-state index is 0.0179. The molecule has 2 aromatic rings. The van der Waals surface area contributed by atoms with Crippen molar-refractivity contribution >= 4 is 34.7 Å². The molecule has 0 bridgehead atoms. The number of aliphatic imine (C=N–C) groups is 1. The van der Waals surface area contributed by atoms with Crippen LogP contribution in [0.5, 0.6) is 0 Å². The molecule has 0 fully saturated rings. The van der Waals surface area contributed by atoms with Crippen LogP contribution in [0.2, 0.25) is 0 Å². The molecular formula is C15H24N10O4. The second-order valence-electron chi connectivity index (χ2n) is 6.09. The zero-order chi connectivity index (χ0) is 21.6. The smallest absolute Gasteiger partial charge is 0.351 e. The van der Waals surface area contributed by atoms with Gasteiger partial charge in [0, 0.05) is 26.7 Å². The Labute approximate surface area is 164 Å². The number of carbonyl (C=O) groups is 1. The predicted octanol–water partition coefficient (Wildman–Crippen LogP) is -2.80. The van der Waals surface area contributed by atoms with Gasteiger partial charge in [-0.3, -0.25) is 24.1 Å². The van der Waals surface area contributed by atoms with Crippen molar-refractivity contribution in [1.82, 2.24) is 24.8 Å². The average molecular weight is 408 g/mol. The Kier molecular flexibility index (Phi) is 7.08. The lowest BCUT2D eigenvalue weighted by molar-refractivity contribution is -0.139. The van der Waals surface area contributed by atoms with E-state index in [2.05, 4.69) is 30.6 Å². The monoisotopic (exact) mass is 408 g/mol. The highest BCUT2D eigenvalue weighted by atomic mass is 16.4. The molecule has 2 heterocycles. The molecule has 0 aliphatic heterocycles. The van der Waals surface area contributed by atoms with Crippen LogP contribution >= 0.6 is 0 Å². The third-order valence-electron chi connectivity index (χ3n) is 4.07. The van der Waals surface area contributed by atoms with Crippen LogP contribution in [0.4, 0.5) is 11.8 Å². The molecule has 0 unspecified atom stereocenters. The summed E-state index contributed by atoms with van der Waals surface area (Å²) in [4.78, 5) is 50.0. The first kappa shape index (κ1) is 21.6. The zero-order valence-electron chi connectivity index (χ0n) is 15.8. The Morgan fingerprint density at radius 2 is 2.07 bits per heavy atom. The van der Waals surface area contributed by atoms with Gasteiger partial charge in [0.15, 0.2) is 11.6 Å². The van der Waals surface area contributed by atoms with E-state index in [0.717, 1.165) is 4.57 Å². The van der Waals surface area contributed by atoms with Gasteiger partial charge in [-0.2, -0.15) is 9.97 Å². The molecule has 10 N–H and O–H groups in total. The molecule has 0 saturated carbocycles. The maximum absolute atomic E-state index is 12.3. The topological polar surface area (TPSA) is 232 Å². The van der Waals surface area contributed by atoms with E-state index in [4.69, 9.17) is 17.2 Å². The molecule has 158 valence electrons. The summed E-state index contributed by atoms with van der Waals surface area (Å²) in [6.07, 6.45) is 0.736. The van der Waals surface area contributed by atoms with Gasteiger partial charge in [-0.15, -0.1) is 0 Å². The first-order valence-corrected chi connectivity index (χ1v) is 8.74. The van der Waals surface area contributed by atoms with Crippen LogP contribution in [-0.2, 0) is 11.3 Å². The van der Waals surface area contributed by atoms with Gasteiger partial charge in [0.1, 0.15) is 17.2 Å². The highest BCUT2D eigenvalue weighted by molar-refractivity contribution is 5.85. The number of hydrogen-bond acceptors (Lipinski definition) is 9. The fourth-order valence-electron chi connectivity index (χ4n) is 2.68. The number of carboxylic acids is 1. The van der Waals surface area contributed by atoms with E-state index in [0.29, 0.717) is 13.0 Å². The van der Waals surface area contributed by atoms with Crippen LogP contribution in [-0.4, -0.2) is 62.7 Å². The summed E-state index contributed by atoms with van der Waals surface area (Å²) >= 11 is 0. The lowest BCUT2D eigenvalue weighted by Gasteiger charge is -2.15. The van der Waals surface area contributed by atoms with E-state index >= 15 is 0 Å². The molecule has 2 aromatic heterocycles. The Bertz CT molecular complexity index is 1020. The first-order chi connectivity index (χ1) is 13.7. The molecular weight excluding hydrogens is 384 g/mol. The van der Waals surface area contributed by atoms with Crippen molar-refractivity contribution in [3.8, 4) is 0 Å². The average Bonchev–Trinajstić information content (AvgIpc) is 2.64. The number of nitrogens with zero attached hydrogens (tertiary/aromatic N) is 4. The van der Waals surface area contributed by atoms with E-state index < -0.39 is 23.3 Å². The van der Waals surface area contributed by atoms with E-state index in [9.17, 15) is 19.5 Å². The van der Waals surface area contributed by atoms with Crippen molar-refractivity contribution in [2.45, 2.75) is 25.4 Å². The lowest BCUT2D eigenvalue weighted by atomic mass is 10.1. The van der Waals surface area contributed by atoms with Crippen molar-refractivity contribution in [2.75, 3.05) is 31.2 Å². The number of aromatic nitrogens is 4. The lowest BCUT2D eigenvalue weighted by Crippen LogP contribution is -2.40. The molecule has 2 rings (SSSR count). The molecule has 0 radical (unpaired) electrons. The Hall–Kier alpha value is -3.68. The third kappa shape index (κ3) is 5.41. The summed E-state index contributed by atoms with van der Waals surface area (Å²) in [5.41, 5.74) is 15.0. The second-order valence-corrected chi connectivity index (χ2v) is 6.09. The molecule has 0 spiro atoms. The summed E-state index contributed by atoms with van der Waals surface area (Å²) in [7, 11) is 1.55. The summed E-state index contributed by atoms with van der Waals surface area (Å²) in [5.74, 6) is -1.18. The summed E-state index contributed by atoms with van der Waals surface area (Å²) in [6, 6.07) is -0.864. The fourth-order valence-corrected chi connectivity index (χ4v) is 2.68. The van der Waals surface area contributed by atoms with Crippen molar-refractivity contribution in [3.63, 3.8) is 0 Å². The van der Waals surface area contributed by atoms with Gasteiger partial charge in [-0.25, -0.2) is 4.79 Å². The highest BCUT2D eigenvalue weighted by Crippen LogP contribution is 2.11. The number of aliphatic carboxylic acids is 1. The Morgan fingerprint density at radius 1 is 1.34 bits per heavy atom. The minimum Gasteiger partial charge on any atom is -0.480 e. The quantitative estimate of drug-likeness (QED) is 0.120. The van der Waals surface area contributed by atoms with Crippen molar-refractivity contribution < 1.29 is 9.90 Å². The van der Waals surface area contributed by atoms with Gasteiger partial charge in [0.25, 0.3) is 5.56 Å². The van der Waals surface area contributed by atoms with Crippen molar-refractivity contribution in [2.24, 2.45) is 16.5 Å². The van der Waals surface area contributed by atoms with Crippen molar-refractivity contribution in [1.29, 1.82) is 0 Å². The Morgan fingerprint density at radius 3 is 2.69 bits per heavy atom. The standard InChI is InChI=1S/C15H24N10O4/c1-19-14-23-10-8(11(26)24-14)9(16)22-15(29)25(10)6-5-20-7(12(27)28)3-2-4-21-13(17)18/h7,20H,2-6H2,1H3,(H,27,28)(H2,16,22,29)(H4,17,18,21)(H2,19,23,24,26)/t7-/m0/s1. The molecule has 0 aliphatic carbocycles. The van der Waals surface area contributed by atoms with E-state index in [1.54, 1.807) is 7.05 Å². The van der Waals surface area contributed by atoms with E-state index in [1.165, 1.54) is 0 Å². The minimum atomic E-state index is -1.05. The largest absolute Gasteiger partial charge is 0.480 e. The number of nitrogens with two attached hydrogens (primary N) is 3. The fraction of sp³-hybridized carbons (Fsp3) is 0.467. The zero-order valence-corrected chi connectivity index (χ0v) is 15.8. The number of rotatable bonds is 10. The van der Waals surface area contributed by atoms with Gasteiger partial charge in [-0.05, 0) is 12.8 Å². The van der Waals surface area contributed by atoms with Crippen LogP contribution in [0.15, 0.2) is 14.6 Å². The molecule has 1 atom stereocenters. The summed E-state index contributed by atoms with van der Waals surface area (Å²) in [6.45, 7) is 0.447. The second kappa shape index (κ2) is 9.50. The van der Waals surface area contributed by atoms with Crippen LogP contribution in [0.3, 0.4) is 0 Å². The SMILES string of the molecule is CNc1nc2c(c(N)nc(=O)n2CCN[C@@H](CCCN=C(N)N)C(=O)O)c(=O)[nH]1. The molecule has 29 heavy (non-hydrogen) atoms. The molecule has 0 saturated heterocycles. The van der Waals surface area contributed by atoms with Crippen molar-refractivity contribution in [3.05, 3.63) is 20.8 Å². The number of nitrogens with one attached hydrogen (secondary N) is 3. The van der Waals surface area contributed by atoms with Gasteiger partial charge in [-0.1, -0.05) is 0 Å². The third-order valence-corrected chi connectivity index (χ3v) is 4.07. The maximum atomic E-state index is 12.3. The number of guanidine groups is 1. The summed E-state index contributed by atoms with van der Waals surface area (Å²) in [5, 5.41) is 14.9. The number of aromatic amines is 1. The van der Waals surface area contributed by atoms with E-state index in [-0.39, 0.29) is 48.3 Å². The highest BCUT2D eigenvalue weighted by Gasteiger charge is 2.18.